The van der Waals surface area contributed by atoms with Gasteiger partial charge in [0.2, 0.25) is 11.8 Å². The summed E-state index contributed by atoms with van der Waals surface area (Å²) in [4.78, 5) is 24.1. The van der Waals surface area contributed by atoms with Crippen molar-refractivity contribution in [2.24, 2.45) is 0 Å². The molecule has 1 aliphatic rings. The van der Waals surface area contributed by atoms with Crippen molar-refractivity contribution in [1.29, 1.82) is 0 Å². The van der Waals surface area contributed by atoms with Gasteiger partial charge in [-0.15, -0.1) is 0 Å². The van der Waals surface area contributed by atoms with Crippen LogP contribution in [0.3, 0.4) is 0 Å². The van der Waals surface area contributed by atoms with Gasteiger partial charge in [-0.1, -0.05) is 13.0 Å². The van der Waals surface area contributed by atoms with Gasteiger partial charge >= 0.3 is 0 Å². The molecule has 2 N–H and O–H groups in total. The highest BCUT2D eigenvalue weighted by Gasteiger charge is 2.31. The van der Waals surface area contributed by atoms with Crippen LogP contribution in [0.1, 0.15) is 38.2 Å². The number of nitrogens with one attached hydrogen (secondary N) is 2. The topological polar surface area (TPSA) is 67.4 Å². The van der Waals surface area contributed by atoms with E-state index in [2.05, 4.69) is 10.6 Å². The third-order valence-corrected chi connectivity index (χ3v) is 3.62. The zero-order valence-corrected chi connectivity index (χ0v) is 12.0. The number of hydrogen-bond donors (Lipinski definition) is 2. The number of ether oxygens (including phenoxy) is 1. The SMILES string of the molecule is CCC(C)NC(=O)C1CC(=O)Nc2cc(OC)ccc21. The number of hydrogen-bond acceptors (Lipinski definition) is 3. The highest BCUT2D eigenvalue weighted by atomic mass is 16.5. The van der Waals surface area contributed by atoms with E-state index in [4.69, 9.17) is 4.74 Å². The molecular weight excluding hydrogens is 256 g/mol. The van der Waals surface area contributed by atoms with Gasteiger partial charge in [-0.3, -0.25) is 9.59 Å². The van der Waals surface area contributed by atoms with Gasteiger partial charge in [0.1, 0.15) is 5.75 Å². The second kappa shape index (κ2) is 5.94. The lowest BCUT2D eigenvalue weighted by Crippen LogP contribution is -2.39. The Morgan fingerprint density at radius 3 is 2.95 bits per heavy atom. The fourth-order valence-electron chi connectivity index (χ4n) is 2.25. The average molecular weight is 276 g/mol. The van der Waals surface area contributed by atoms with Gasteiger partial charge in [0.15, 0.2) is 0 Å². The van der Waals surface area contributed by atoms with Crippen LogP contribution in [0.2, 0.25) is 0 Å². The highest BCUT2D eigenvalue weighted by Crippen LogP contribution is 2.34. The van der Waals surface area contributed by atoms with Crippen LogP contribution in [0.5, 0.6) is 5.75 Å². The molecule has 1 aromatic carbocycles. The van der Waals surface area contributed by atoms with Gasteiger partial charge in [-0.05, 0) is 25.0 Å². The number of fused-ring (bicyclic) bond motifs is 1. The first-order chi connectivity index (χ1) is 9.55. The minimum Gasteiger partial charge on any atom is -0.497 e. The Bertz CT molecular complexity index is 528. The van der Waals surface area contributed by atoms with E-state index < -0.39 is 5.92 Å². The van der Waals surface area contributed by atoms with Crippen molar-refractivity contribution in [3.63, 3.8) is 0 Å². The summed E-state index contributed by atoms with van der Waals surface area (Å²) in [6.45, 7) is 3.97. The van der Waals surface area contributed by atoms with Gasteiger partial charge in [-0.2, -0.15) is 0 Å². The zero-order chi connectivity index (χ0) is 14.7. The van der Waals surface area contributed by atoms with E-state index in [9.17, 15) is 9.59 Å². The normalized spacial score (nSPS) is 18.8. The Hall–Kier alpha value is -2.04. The fourth-order valence-corrected chi connectivity index (χ4v) is 2.25. The van der Waals surface area contributed by atoms with E-state index in [0.29, 0.717) is 11.4 Å². The Morgan fingerprint density at radius 1 is 1.55 bits per heavy atom. The predicted octanol–water partition coefficient (Wildman–Crippen LogP) is 2.04. The molecule has 2 rings (SSSR count). The van der Waals surface area contributed by atoms with Crippen LogP contribution in [0.25, 0.3) is 0 Å². The van der Waals surface area contributed by atoms with Crippen LogP contribution in [0.4, 0.5) is 5.69 Å². The summed E-state index contributed by atoms with van der Waals surface area (Å²) in [6, 6.07) is 5.50. The molecule has 0 aromatic heterocycles. The molecule has 5 heteroatoms. The number of carbonyl (C=O) groups excluding carboxylic acids is 2. The average Bonchev–Trinajstić information content (AvgIpc) is 2.45. The van der Waals surface area contributed by atoms with Crippen molar-refractivity contribution in [3.05, 3.63) is 23.8 Å². The van der Waals surface area contributed by atoms with Gasteiger partial charge in [0.05, 0.1) is 13.0 Å². The second-order valence-electron chi connectivity index (χ2n) is 5.08. The summed E-state index contributed by atoms with van der Waals surface area (Å²) in [6.07, 6.45) is 1.04. The molecule has 0 radical (unpaired) electrons. The molecule has 1 aromatic rings. The third kappa shape index (κ3) is 2.92. The van der Waals surface area contributed by atoms with Gasteiger partial charge in [0, 0.05) is 24.2 Å². The quantitative estimate of drug-likeness (QED) is 0.884. The lowest BCUT2D eigenvalue weighted by molar-refractivity contribution is -0.126. The van der Waals surface area contributed by atoms with Crippen molar-refractivity contribution >= 4 is 17.5 Å². The molecule has 2 atom stereocenters. The molecular formula is C15H20N2O3. The molecule has 0 bridgehead atoms. The number of carbonyl (C=O) groups is 2. The first kappa shape index (κ1) is 14.4. The Labute approximate surface area is 118 Å². The molecule has 2 amide bonds. The summed E-state index contributed by atoms with van der Waals surface area (Å²) in [5, 5.41) is 5.73. The number of anilines is 1. The van der Waals surface area contributed by atoms with E-state index in [-0.39, 0.29) is 24.3 Å². The predicted molar refractivity (Wildman–Crippen MR) is 76.9 cm³/mol. The van der Waals surface area contributed by atoms with Crippen LogP contribution in [0, 0.1) is 0 Å². The van der Waals surface area contributed by atoms with Crippen molar-refractivity contribution in [3.8, 4) is 5.75 Å². The smallest absolute Gasteiger partial charge is 0.228 e. The summed E-state index contributed by atoms with van der Waals surface area (Å²) in [7, 11) is 1.57. The number of benzene rings is 1. The summed E-state index contributed by atoms with van der Waals surface area (Å²) in [5.41, 5.74) is 1.50. The zero-order valence-electron chi connectivity index (χ0n) is 12.0. The van der Waals surface area contributed by atoms with Gasteiger partial charge < -0.3 is 15.4 Å². The molecule has 20 heavy (non-hydrogen) atoms. The first-order valence-corrected chi connectivity index (χ1v) is 6.83. The maximum Gasteiger partial charge on any atom is 0.228 e. The van der Waals surface area contributed by atoms with Gasteiger partial charge in [-0.25, -0.2) is 0 Å². The fraction of sp³-hybridized carbons (Fsp3) is 0.467. The van der Waals surface area contributed by atoms with Crippen molar-refractivity contribution in [1.82, 2.24) is 5.32 Å². The standard InChI is InChI=1S/C15H20N2O3/c1-4-9(2)16-15(19)12-8-14(18)17-13-7-10(20-3)5-6-11(12)13/h5-7,9,12H,4,8H2,1-3H3,(H,16,19)(H,17,18). The molecule has 108 valence electrons. The maximum atomic E-state index is 12.3. The molecule has 0 fully saturated rings. The third-order valence-electron chi connectivity index (χ3n) is 3.62. The van der Waals surface area contributed by atoms with Crippen molar-refractivity contribution in [2.45, 2.75) is 38.6 Å². The lowest BCUT2D eigenvalue weighted by atomic mass is 9.89. The Kier molecular flexibility index (Phi) is 4.27. The summed E-state index contributed by atoms with van der Waals surface area (Å²) in [5.74, 6) is -0.0126. The van der Waals surface area contributed by atoms with Crippen LogP contribution in [-0.2, 0) is 9.59 Å². The Balaban J connectivity index is 2.28. The van der Waals surface area contributed by atoms with E-state index in [1.807, 2.05) is 19.9 Å². The molecule has 1 heterocycles. The van der Waals surface area contributed by atoms with Crippen molar-refractivity contribution < 1.29 is 14.3 Å². The minimum absolute atomic E-state index is 0.0967. The van der Waals surface area contributed by atoms with Crippen LogP contribution >= 0.6 is 0 Å². The van der Waals surface area contributed by atoms with Crippen molar-refractivity contribution in [2.75, 3.05) is 12.4 Å². The first-order valence-electron chi connectivity index (χ1n) is 6.83. The highest BCUT2D eigenvalue weighted by molar-refractivity contribution is 6.01. The van der Waals surface area contributed by atoms with Crippen LogP contribution in [-0.4, -0.2) is 25.0 Å². The van der Waals surface area contributed by atoms with Crippen LogP contribution in [0.15, 0.2) is 18.2 Å². The molecule has 0 saturated heterocycles. The molecule has 1 aliphatic heterocycles. The summed E-state index contributed by atoms with van der Waals surface area (Å²) < 4.78 is 5.14. The number of amides is 2. The van der Waals surface area contributed by atoms with Crippen LogP contribution < -0.4 is 15.4 Å². The molecule has 0 saturated carbocycles. The molecule has 2 unspecified atom stereocenters. The van der Waals surface area contributed by atoms with E-state index in [0.717, 1.165) is 12.0 Å². The summed E-state index contributed by atoms with van der Waals surface area (Å²) >= 11 is 0. The van der Waals surface area contributed by atoms with Gasteiger partial charge in [0.25, 0.3) is 0 Å². The van der Waals surface area contributed by atoms with E-state index >= 15 is 0 Å². The Morgan fingerprint density at radius 2 is 2.30 bits per heavy atom. The monoisotopic (exact) mass is 276 g/mol. The lowest BCUT2D eigenvalue weighted by Gasteiger charge is -2.26. The van der Waals surface area contributed by atoms with E-state index in [1.165, 1.54) is 0 Å². The minimum atomic E-state index is -0.432. The second-order valence-corrected chi connectivity index (χ2v) is 5.08. The molecule has 0 aliphatic carbocycles. The number of methoxy groups -OCH3 is 1. The molecule has 0 spiro atoms. The van der Waals surface area contributed by atoms with E-state index in [1.54, 1.807) is 19.2 Å². The molecule has 5 nitrogen and oxygen atoms in total. The largest absolute Gasteiger partial charge is 0.497 e. The number of rotatable bonds is 4. The maximum absolute atomic E-state index is 12.3.